The fraction of sp³-hybridized carbons (Fsp3) is 0.333. The van der Waals surface area contributed by atoms with E-state index in [0.717, 1.165) is 6.54 Å². The number of anilines is 1. The Morgan fingerprint density at radius 2 is 2.13 bits per heavy atom. The highest BCUT2D eigenvalue weighted by Crippen LogP contribution is 2.28. The first-order chi connectivity index (χ1) is 11.2. The van der Waals surface area contributed by atoms with Crippen LogP contribution < -0.4 is 10.2 Å². The van der Waals surface area contributed by atoms with Crippen LogP contribution in [0.25, 0.3) is 0 Å². The first-order valence-electron chi connectivity index (χ1n) is 7.80. The number of nitrogens with zero attached hydrogens (tertiary/aromatic N) is 2. The fourth-order valence-electron chi connectivity index (χ4n) is 2.94. The van der Waals surface area contributed by atoms with E-state index >= 15 is 0 Å². The Bertz CT molecular complexity index is 702. The summed E-state index contributed by atoms with van der Waals surface area (Å²) in [6, 6.07) is 11.8. The molecule has 0 radical (unpaired) electrons. The van der Waals surface area contributed by atoms with Crippen LogP contribution in [0.1, 0.15) is 27.6 Å². The molecule has 1 aliphatic heterocycles. The van der Waals surface area contributed by atoms with Gasteiger partial charge in [-0.15, -0.1) is 0 Å². The first-order valence-corrected chi connectivity index (χ1v) is 7.80. The molecule has 1 atom stereocenters. The number of ether oxygens (including phenoxy) is 1. The third-order valence-corrected chi connectivity index (χ3v) is 4.16. The average Bonchev–Trinajstić information content (AvgIpc) is 2.61. The lowest BCUT2D eigenvalue weighted by molar-refractivity contribution is 0.0390. The second kappa shape index (κ2) is 6.79. The number of rotatable bonds is 3. The summed E-state index contributed by atoms with van der Waals surface area (Å²) < 4.78 is 5.95. The van der Waals surface area contributed by atoms with Crippen LogP contribution >= 0.6 is 0 Å². The van der Waals surface area contributed by atoms with Crippen LogP contribution in [0.15, 0.2) is 42.6 Å². The summed E-state index contributed by atoms with van der Waals surface area (Å²) >= 11 is 0. The highest BCUT2D eigenvalue weighted by atomic mass is 16.5. The van der Waals surface area contributed by atoms with Crippen LogP contribution in [0.5, 0.6) is 0 Å². The number of carbonyl (C=O) groups is 1. The molecule has 1 aromatic heterocycles. The minimum atomic E-state index is -0.118. The van der Waals surface area contributed by atoms with Gasteiger partial charge in [-0.25, -0.2) is 4.98 Å². The zero-order valence-corrected chi connectivity index (χ0v) is 13.5. The molecule has 1 saturated heterocycles. The van der Waals surface area contributed by atoms with Gasteiger partial charge in [0.05, 0.1) is 12.2 Å². The Hall–Kier alpha value is -2.40. The van der Waals surface area contributed by atoms with Crippen LogP contribution in [0.4, 0.5) is 5.82 Å². The van der Waals surface area contributed by atoms with Crippen molar-refractivity contribution in [3.63, 3.8) is 0 Å². The number of hydrogen-bond acceptors (Lipinski definition) is 4. The van der Waals surface area contributed by atoms with Crippen molar-refractivity contribution < 1.29 is 9.53 Å². The summed E-state index contributed by atoms with van der Waals surface area (Å²) in [5, 5.41) is 2.68. The Kier molecular flexibility index (Phi) is 4.57. The molecule has 2 aromatic rings. The summed E-state index contributed by atoms with van der Waals surface area (Å²) in [7, 11) is 1.63. The number of amides is 1. The molecule has 3 rings (SSSR count). The van der Waals surface area contributed by atoms with E-state index in [9.17, 15) is 4.79 Å². The van der Waals surface area contributed by atoms with Crippen molar-refractivity contribution in [1.82, 2.24) is 10.3 Å². The van der Waals surface area contributed by atoms with Gasteiger partial charge in [-0.3, -0.25) is 4.79 Å². The summed E-state index contributed by atoms with van der Waals surface area (Å²) in [6.45, 7) is 4.12. The molecule has 0 bridgehead atoms. The van der Waals surface area contributed by atoms with Gasteiger partial charge in [-0.1, -0.05) is 24.3 Å². The van der Waals surface area contributed by atoms with E-state index in [4.69, 9.17) is 4.74 Å². The van der Waals surface area contributed by atoms with Gasteiger partial charge < -0.3 is 15.0 Å². The lowest BCUT2D eigenvalue weighted by Gasteiger charge is -2.35. The monoisotopic (exact) mass is 311 g/mol. The average molecular weight is 311 g/mol. The molecule has 0 spiro atoms. The molecule has 5 nitrogen and oxygen atoms in total. The Morgan fingerprint density at radius 3 is 2.91 bits per heavy atom. The van der Waals surface area contributed by atoms with E-state index in [2.05, 4.69) is 34.3 Å². The van der Waals surface area contributed by atoms with Crippen molar-refractivity contribution in [3.05, 3.63) is 59.3 Å². The van der Waals surface area contributed by atoms with Crippen LogP contribution in [-0.2, 0) is 4.74 Å². The molecule has 5 heteroatoms. The van der Waals surface area contributed by atoms with Crippen LogP contribution in [0.3, 0.4) is 0 Å². The number of aryl methyl sites for hydroxylation is 1. The highest BCUT2D eigenvalue weighted by Gasteiger charge is 2.26. The number of morpholine rings is 1. The second-order valence-corrected chi connectivity index (χ2v) is 5.62. The largest absolute Gasteiger partial charge is 0.370 e. The van der Waals surface area contributed by atoms with Gasteiger partial charge in [0.2, 0.25) is 0 Å². The maximum atomic E-state index is 12.1. The SMILES string of the molecule is CNC(=O)c1cccnc1N1CCOC(c2ccccc2C)C1. The molecular weight excluding hydrogens is 290 g/mol. The Morgan fingerprint density at radius 1 is 1.30 bits per heavy atom. The molecule has 1 unspecified atom stereocenters. The molecule has 1 aromatic carbocycles. The van der Waals surface area contributed by atoms with E-state index in [0.29, 0.717) is 24.5 Å². The van der Waals surface area contributed by atoms with Crippen molar-refractivity contribution in [1.29, 1.82) is 0 Å². The fourth-order valence-corrected chi connectivity index (χ4v) is 2.94. The minimum Gasteiger partial charge on any atom is -0.370 e. The molecule has 1 N–H and O–H groups in total. The smallest absolute Gasteiger partial charge is 0.254 e. The number of hydrogen-bond donors (Lipinski definition) is 1. The van der Waals surface area contributed by atoms with Gasteiger partial charge in [0.15, 0.2) is 0 Å². The van der Waals surface area contributed by atoms with Crippen LogP contribution in [-0.4, -0.2) is 37.6 Å². The molecule has 1 aliphatic rings. The molecule has 0 saturated carbocycles. The summed E-state index contributed by atoms with van der Waals surface area (Å²) in [5.74, 6) is 0.598. The predicted octanol–water partition coefficient (Wildman–Crippen LogP) is 2.33. The van der Waals surface area contributed by atoms with E-state index < -0.39 is 0 Å². The zero-order chi connectivity index (χ0) is 16.2. The molecule has 2 heterocycles. The van der Waals surface area contributed by atoms with Crippen LogP contribution in [0, 0.1) is 6.92 Å². The van der Waals surface area contributed by atoms with Gasteiger partial charge in [0, 0.05) is 26.3 Å². The lowest BCUT2D eigenvalue weighted by Crippen LogP contribution is -2.40. The summed E-state index contributed by atoms with van der Waals surface area (Å²) in [4.78, 5) is 18.6. The van der Waals surface area contributed by atoms with Gasteiger partial charge in [0.25, 0.3) is 5.91 Å². The number of aromatic nitrogens is 1. The van der Waals surface area contributed by atoms with Gasteiger partial charge >= 0.3 is 0 Å². The normalized spacial score (nSPS) is 17.8. The maximum absolute atomic E-state index is 12.1. The van der Waals surface area contributed by atoms with Crippen molar-refractivity contribution in [2.75, 3.05) is 31.6 Å². The molecule has 0 aliphatic carbocycles. The third kappa shape index (κ3) is 3.19. The zero-order valence-electron chi connectivity index (χ0n) is 13.5. The molecule has 23 heavy (non-hydrogen) atoms. The quantitative estimate of drug-likeness (QED) is 0.945. The summed E-state index contributed by atoms with van der Waals surface area (Å²) in [6.07, 6.45) is 1.71. The third-order valence-electron chi connectivity index (χ3n) is 4.16. The molecule has 1 fully saturated rings. The van der Waals surface area contributed by atoms with Crippen molar-refractivity contribution >= 4 is 11.7 Å². The first kappa shape index (κ1) is 15.5. The lowest BCUT2D eigenvalue weighted by atomic mass is 10.0. The van der Waals surface area contributed by atoms with Crippen molar-refractivity contribution in [3.8, 4) is 0 Å². The molecular formula is C18H21N3O2. The van der Waals surface area contributed by atoms with E-state index in [1.807, 2.05) is 12.1 Å². The van der Waals surface area contributed by atoms with E-state index in [1.54, 1.807) is 25.4 Å². The van der Waals surface area contributed by atoms with Crippen molar-refractivity contribution in [2.24, 2.45) is 0 Å². The number of benzene rings is 1. The second-order valence-electron chi connectivity index (χ2n) is 5.62. The highest BCUT2D eigenvalue weighted by molar-refractivity contribution is 5.98. The van der Waals surface area contributed by atoms with Crippen molar-refractivity contribution in [2.45, 2.75) is 13.0 Å². The Labute approximate surface area is 136 Å². The standard InChI is InChI=1S/C18H21N3O2/c1-13-6-3-4-7-14(13)16-12-21(10-11-23-16)17-15(18(22)19-2)8-5-9-20-17/h3-9,16H,10-12H2,1-2H3,(H,19,22). The predicted molar refractivity (Wildman–Crippen MR) is 89.7 cm³/mol. The number of pyridine rings is 1. The van der Waals surface area contributed by atoms with Gasteiger partial charge in [-0.2, -0.15) is 0 Å². The van der Waals surface area contributed by atoms with Crippen LogP contribution in [0.2, 0.25) is 0 Å². The van der Waals surface area contributed by atoms with E-state index in [-0.39, 0.29) is 12.0 Å². The Balaban J connectivity index is 1.88. The van der Waals surface area contributed by atoms with Gasteiger partial charge in [-0.05, 0) is 30.2 Å². The topological polar surface area (TPSA) is 54.5 Å². The number of carbonyl (C=O) groups excluding carboxylic acids is 1. The maximum Gasteiger partial charge on any atom is 0.254 e. The van der Waals surface area contributed by atoms with E-state index in [1.165, 1.54) is 11.1 Å². The summed E-state index contributed by atoms with van der Waals surface area (Å²) in [5.41, 5.74) is 3.00. The minimum absolute atomic E-state index is 0.00973. The van der Waals surface area contributed by atoms with Gasteiger partial charge in [0.1, 0.15) is 11.9 Å². The number of nitrogens with one attached hydrogen (secondary N) is 1. The molecule has 1 amide bonds. The molecule has 120 valence electrons.